The highest BCUT2D eigenvalue weighted by Crippen LogP contribution is 2.28. The van der Waals surface area contributed by atoms with E-state index < -0.39 is 0 Å². The molecule has 14 aromatic carbocycles. The van der Waals surface area contributed by atoms with Crippen molar-refractivity contribution >= 4 is 34.8 Å². The number of ether oxygens (including phenoxy) is 1. The van der Waals surface area contributed by atoms with E-state index in [1.54, 1.807) is 37.6 Å². The Morgan fingerprint density at radius 1 is 0.241 bits per heavy atom. The maximum absolute atomic E-state index is 13.4. The number of rotatable bonds is 8. The minimum absolute atomic E-state index is 0.170. The molecule has 0 saturated carbocycles. The Hall–Kier alpha value is -12.1. The Bertz CT molecular complexity index is 5160. The average molecular weight is 1530 g/mol. The zero-order chi connectivity index (χ0) is 79.8. The lowest BCUT2D eigenvalue weighted by atomic mass is 10.0. The molecule has 0 aliphatic heterocycles. The van der Waals surface area contributed by atoms with Crippen LogP contribution < -0.4 is 4.74 Å². The van der Waals surface area contributed by atoms with Crippen molar-refractivity contribution < 1.29 is 13.5 Å². The lowest BCUT2D eigenvalue weighted by Crippen LogP contribution is -1.83. The monoisotopic (exact) mass is 1530 g/mol. The summed E-state index contributed by atoms with van der Waals surface area (Å²) in [5, 5.41) is 2.39. The van der Waals surface area contributed by atoms with Gasteiger partial charge in [0, 0.05) is 44.8 Å². The smallest absolute Gasteiger partial charge is 0.131 e. The van der Waals surface area contributed by atoms with E-state index in [1.165, 1.54) is 113 Å². The molecule has 112 heavy (non-hydrogen) atoms. The molecule has 2 aromatic heterocycles. The molecule has 0 fully saturated rings. The highest BCUT2D eigenvalue weighted by molar-refractivity contribution is 6.31. The van der Waals surface area contributed by atoms with Crippen LogP contribution in [0.1, 0.15) is 50.1 Å². The minimum atomic E-state index is -0.194. The topological polar surface area (TPSA) is 35.0 Å². The third-order valence-corrected chi connectivity index (χ3v) is 18.0. The van der Waals surface area contributed by atoms with E-state index in [-0.39, 0.29) is 11.6 Å². The number of aryl methyl sites for hydroxylation is 9. The second kappa shape index (κ2) is 46.4. The SMILES string of the molecule is COc1ccc(-c2ccc(C)cc2)cc1.Cc1ccc(-c2ccc(F)cc2)cc1.Cc1ccc(-c2cccc(Cl)c2)cc1.Cc1ccc(-c2ccccc2F)cc1.Cc1ccc(-c2ccccn2)cc1.Cc1ccc(-c2cccnc2)cc1.Cc1ccc(Cl)cc1.Cc1cccc(-c2ccccc2)c1.Cc1cccc(Cl)c1. The first kappa shape index (κ1) is 85.5. The van der Waals surface area contributed by atoms with E-state index >= 15 is 0 Å². The number of pyridine rings is 2. The van der Waals surface area contributed by atoms with Crippen molar-refractivity contribution in [2.45, 2.75) is 62.3 Å². The molecule has 0 atom stereocenters. The van der Waals surface area contributed by atoms with E-state index in [9.17, 15) is 8.78 Å². The molecule has 3 nitrogen and oxygen atoms in total. The van der Waals surface area contributed by atoms with Gasteiger partial charge in [-0.3, -0.25) is 9.97 Å². The fraction of sp³-hybridized carbons (Fsp3) is 0.0962. The van der Waals surface area contributed by atoms with Gasteiger partial charge in [0.25, 0.3) is 0 Å². The molecule has 0 bridgehead atoms. The quantitative estimate of drug-likeness (QED) is 0.152. The molecule has 0 saturated heterocycles. The molecule has 562 valence electrons. The normalized spacial score (nSPS) is 9.92. The summed E-state index contributed by atoms with van der Waals surface area (Å²) in [5.74, 6) is 0.531. The van der Waals surface area contributed by atoms with Crippen LogP contribution in [0, 0.1) is 73.9 Å². The fourth-order valence-electron chi connectivity index (χ4n) is 10.9. The van der Waals surface area contributed by atoms with Crippen molar-refractivity contribution in [1.29, 1.82) is 0 Å². The number of methoxy groups -OCH3 is 1. The number of aromatic nitrogens is 2. The van der Waals surface area contributed by atoms with Crippen molar-refractivity contribution in [2.75, 3.05) is 7.11 Å². The largest absolute Gasteiger partial charge is 0.497 e. The molecule has 0 radical (unpaired) electrons. The molecule has 0 spiro atoms. The van der Waals surface area contributed by atoms with Crippen LogP contribution in [0.3, 0.4) is 0 Å². The van der Waals surface area contributed by atoms with Crippen molar-refractivity contribution in [3.05, 3.63) is 471 Å². The lowest BCUT2D eigenvalue weighted by molar-refractivity contribution is 0.415. The van der Waals surface area contributed by atoms with E-state index in [0.717, 1.165) is 48.8 Å². The predicted octanol–water partition coefficient (Wildman–Crippen LogP) is 30.7. The third-order valence-electron chi connectivity index (χ3n) is 17.3. The first-order valence-electron chi connectivity index (χ1n) is 36.9. The van der Waals surface area contributed by atoms with Gasteiger partial charge in [-0.05, 0) is 214 Å². The first-order valence-corrected chi connectivity index (χ1v) is 38.1. The molecule has 16 rings (SSSR count). The second-order valence-corrected chi connectivity index (χ2v) is 28.0. The van der Waals surface area contributed by atoms with Crippen molar-refractivity contribution in [2.24, 2.45) is 0 Å². The average Bonchev–Trinajstić information content (AvgIpc) is 0.947. The summed E-state index contributed by atoms with van der Waals surface area (Å²) in [6.45, 7) is 18.6. The van der Waals surface area contributed by atoms with Gasteiger partial charge in [0.2, 0.25) is 0 Å². The van der Waals surface area contributed by atoms with Gasteiger partial charge in [0.05, 0.1) is 12.8 Å². The van der Waals surface area contributed by atoms with Crippen molar-refractivity contribution in [3.63, 3.8) is 0 Å². The van der Waals surface area contributed by atoms with Crippen LogP contribution in [0.25, 0.3) is 78.0 Å². The van der Waals surface area contributed by atoms with Gasteiger partial charge >= 0.3 is 0 Å². The zero-order valence-corrected chi connectivity index (χ0v) is 67.5. The molecule has 0 aliphatic rings. The Morgan fingerprint density at radius 3 is 0.991 bits per heavy atom. The van der Waals surface area contributed by atoms with Gasteiger partial charge in [0.1, 0.15) is 17.4 Å². The number of hydrogen-bond acceptors (Lipinski definition) is 3. The van der Waals surface area contributed by atoms with Gasteiger partial charge in [-0.1, -0.05) is 370 Å². The summed E-state index contributed by atoms with van der Waals surface area (Å²) in [7, 11) is 1.68. The van der Waals surface area contributed by atoms with Crippen LogP contribution in [0.4, 0.5) is 8.78 Å². The standard InChI is InChI=1S/C14H14O.C13H11Cl.2C13H11F.C13H12.2C12H11N.2C7H7Cl/c1-11-3-5-12(6-4-11)13-7-9-14(15-2)10-8-13;1-10-5-7-11(8-6-10)12-3-2-4-13(14)9-12;1-10-2-4-11(5-3-10)12-6-8-13(14)9-7-12;1-10-6-8-11(9-7-10)12-4-2-3-5-13(12)14;1-11-6-5-9-13(10-11)12-7-3-2-4-8-12;1-10-4-6-11(7-5-10)12-3-2-8-13-9-12;1-10-5-7-11(8-6-10)12-4-2-3-9-13-12;1-6-2-4-7(8)5-3-6;1-6-3-2-4-7(8)5-6/h3-10H,1-2H3;3*2-9H,1H3;2-10H,1H3;2*2-9H,1H3;2*2-5H,1H3. The summed E-state index contributed by atoms with van der Waals surface area (Å²) >= 11 is 17.2. The molecule has 2 heterocycles. The van der Waals surface area contributed by atoms with E-state index in [0.29, 0.717) is 5.56 Å². The van der Waals surface area contributed by atoms with Gasteiger partial charge in [-0.2, -0.15) is 0 Å². The molecule has 0 aliphatic carbocycles. The first-order chi connectivity index (χ1) is 54.2. The summed E-state index contributed by atoms with van der Waals surface area (Å²) in [5.41, 5.74) is 27.0. The third kappa shape index (κ3) is 30.8. The van der Waals surface area contributed by atoms with Gasteiger partial charge in [-0.15, -0.1) is 0 Å². The number of benzene rings is 14. The Balaban J connectivity index is 0.000000159. The molecule has 16 aromatic rings. The maximum atomic E-state index is 13.4. The Morgan fingerprint density at radius 2 is 0.589 bits per heavy atom. The zero-order valence-electron chi connectivity index (χ0n) is 65.2. The lowest BCUT2D eigenvalue weighted by Gasteiger charge is -2.03. The van der Waals surface area contributed by atoms with Crippen molar-refractivity contribution in [3.8, 4) is 83.8 Å². The Labute approximate surface area is 678 Å². The summed E-state index contributed by atoms with van der Waals surface area (Å²) in [6.07, 6.45) is 5.48. The van der Waals surface area contributed by atoms with E-state index in [1.807, 2.05) is 185 Å². The molecule has 8 heteroatoms. The summed E-state index contributed by atoms with van der Waals surface area (Å²) in [4.78, 5) is 8.36. The molecule has 0 unspecified atom stereocenters. The van der Waals surface area contributed by atoms with Gasteiger partial charge in [-0.25, -0.2) is 8.78 Å². The Kier molecular flexibility index (Phi) is 35.4. The van der Waals surface area contributed by atoms with E-state index in [2.05, 4.69) is 234 Å². The fourth-order valence-corrected chi connectivity index (χ4v) is 11.5. The summed E-state index contributed by atoms with van der Waals surface area (Å²) < 4.78 is 31.2. The number of halogens is 5. The molecule has 0 N–H and O–H groups in total. The van der Waals surface area contributed by atoms with Gasteiger partial charge in [0.15, 0.2) is 0 Å². The molecular formula is C104H95Cl3F2N2O. The number of nitrogens with zero attached hydrogens (tertiary/aromatic N) is 2. The molecule has 0 amide bonds. The van der Waals surface area contributed by atoms with Crippen LogP contribution in [0.2, 0.25) is 15.1 Å². The minimum Gasteiger partial charge on any atom is -0.497 e. The van der Waals surface area contributed by atoms with Crippen LogP contribution in [0.15, 0.2) is 395 Å². The predicted molar refractivity (Wildman–Crippen MR) is 476 cm³/mol. The molecular weight excluding hydrogens is 1440 g/mol. The van der Waals surface area contributed by atoms with Gasteiger partial charge < -0.3 is 4.74 Å². The number of hydrogen-bond donors (Lipinski definition) is 0. The second-order valence-electron chi connectivity index (χ2n) is 26.7. The highest BCUT2D eigenvalue weighted by Gasteiger charge is 2.05. The van der Waals surface area contributed by atoms with Crippen LogP contribution in [-0.4, -0.2) is 17.1 Å². The van der Waals surface area contributed by atoms with Crippen LogP contribution >= 0.6 is 34.8 Å². The van der Waals surface area contributed by atoms with E-state index in [4.69, 9.17) is 39.5 Å². The highest BCUT2D eigenvalue weighted by atomic mass is 35.5. The van der Waals surface area contributed by atoms with Crippen LogP contribution in [0.5, 0.6) is 5.75 Å². The van der Waals surface area contributed by atoms with Crippen molar-refractivity contribution in [1.82, 2.24) is 9.97 Å². The maximum Gasteiger partial charge on any atom is 0.131 e. The van der Waals surface area contributed by atoms with Crippen LogP contribution in [-0.2, 0) is 0 Å². The summed E-state index contributed by atoms with van der Waals surface area (Å²) in [6, 6.07) is 124.